The predicted octanol–water partition coefficient (Wildman–Crippen LogP) is 4.91. The zero-order valence-electron chi connectivity index (χ0n) is 22.9. The van der Waals surface area contributed by atoms with Gasteiger partial charge in [-0.2, -0.15) is 0 Å². The SMILES string of the molecule is CNCCOCCN(C(=O)OC(C)(C)C)[C@H](Cc1cccc(F)c1)C(=O)Nc1ccc(-c2ccncc2)cc1. The highest BCUT2D eigenvalue weighted by atomic mass is 19.1. The molecular formula is C30H37FN4O4. The molecule has 8 nitrogen and oxygen atoms in total. The summed E-state index contributed by atoms with van der Waals surface area (Å²) in [7, 11) is 1.82. The highest BCUT2D eigenvalue weighted by Gasteiger charge is 2.33. The molecule has 0 aliphatic rings. The minimum atomic E-state index is -0.977. The Morgan fingerprint density at radius 3 is 2.33 bits per heavy atom. The first-order valence-corrected chi connectivity index (χ1v) is 12.9. The van der Waals surface area contributed by atoms with Gasteiger partial charge in [0, 0.05) is 37.6 Å². The van der Waals surface area contributed by atoms with Crippen molar-refractivity contribution in [1.82, 2.24) is 15.2 Å². The highest BCUT2D eigenvalue weighted by molar-refractivity contribution is 5.97. The summed E-state index contributed by atoms with van der Waals surface area (Å²) >= 11 is 0. The summed E-state index contributed by atoms with van der Waals surface area (Å²) in [5, 5.41) is 5.92. The Morgan fingerprint density at radius 1 is 1.00 bits per heavy atom. The molecule has 2 amide bonds. The van der Waals surface area contributed by atoms with Crippen LogP contribution in [0.2, 0.25) is 0 Å². The molecule has 0 aliphatic carbocycles. The van der Waals surface area contributed by atoms with Crippen LogP contribution in [-0.4, -0.2) is 66.9 Å². The van der Waals surface area contributed by atoms with Crippen LogP contribution in [0.3, 0.4) is 0 Å². The number of anilines is 1. The maximum atomic E-state index is 14.0. The number of carbonyl (C=O) groups excluding carboxylic acids is 2. The van der Waals surface area contributed by atoms with Crippen LogP contribution in [0.25, 0.3) is 11.1 Å². The van der Waals surface area contributed by atoms with E-state index in [4.69, 9.17) is 9.47 Å². The lowest BCUT2D eigenvalue weighted by atomic mass is 10.0. The summed E-state index contributed by atoms with van der Waals surface area (Å²) in [5.41, 5.74) is 2.34. The molecule has 0 radical (unpaired) electrons. The van der Waals surface area contributed by atoms with Gasteiger partial charge >= 0.3 is 6.09 Å². The molecular weight excluding hydrogens is 499 g/mol. The molecule has 0 bridgehead atoms. The van der Waals surface area contributed by atoms with E-state index in [1.165, 1.54) is 17.0 Å². The fourth-order valence-electron chi connectivity index (χ4n) is 3.88. The van der Waals surface area contributed by atoms with Gasteiger partial charge in [0.05, 0.1) is 13.2 Å². The van der Waals surface area contributed by atoms with Crippen molar-refractivity contribution >= 4 is 17.7 Å². The minimum absolute atomic E-state index is 0.0917. The van der Waals surface area contributed by atoms with Crippen molar-refractivity contribution in [2.45, 2.75) is 38.8 Å². The Labute approximate surface area is 229 Å². The van der Waals surface area contributed by atoms with Gasteiger partial charge in [-0.3, -0.25) is 14.7 Å². The summed E-state index contributed by atoms with van der Waals surface area (Å²) in [6.45, 7) is 6.70. The number of hydrogen-bond donors (Lipinski definition) is 2. The van der Waals surface area contributed by atoms with Gasteiger partial charge in [-0.05, 0) is 80.9 Å². The lowest BCUT2D eigenvalue weighted by Gasteiger charge is -2.33. The van der Waals surface area contributed by atoms with Crippen LogP contribution in [-0.2, 0) is 20.7 Å². The number of likely N-dealkylation sites (N-methyl/N-ethyl adjacent to an activating group) is 1. The monoisotopic (exact) mass is 536 g/mol. The second kappa shape index (κ2) is 14.4. The zero-order valence-corrected chi connectivity index (χ0v) is 22.9. The number of benzene rings is 2. The molecule has 0 spiro atoms. The Morgan fingerprint density at radius 2 is 1.69 bits per heavy atom. The van der Waals surface area contributed by atoms with Gasteiger partial charge < -0.3 is 20.1 Å². The molecule has 2 aromatic carbocycles. The second-order valence-electron chi connectivity index (χ2n) is 10.0. The molecule has 208 valence electrons. The first-order chi connectivity index (χ1) is 18.7. The van der Waals surface area contributed by atoms with Crippen molar-refractivity contribution in [3.05, 3.63) is 84.4 Å². The Hall–Kier alpha value is -3.82. The average molecular weight is 537 g/mol. The van der Waals surface area contributed by atoms with E-state index in [0.717, 1.165) is 11.1 Å². The lowest BCUT2D eigenvalue weighted by Crippen LogP contribution is -2.51. The molecule has 0 saturated carbocycles. The van der Waals surface area contributed by atoms with Gasteiger partial charge in [0.1, 0.15) is 17.5 Å². The van der Waals surface area contributed by atoms with E-state index >= 15 is 0 Å². The fraction of sp³-hybridized carbons (Fsp3) is 0.367. The predicted molar refractivity (Wildman–Crippen MR) is 150 cm³/mol. The van der Waals surface area contributed by atoms with Gasteiger partial charge in [-0.1, -0.05) is 24.3 Å². The van der Waals surface area contributed by atoms with Crippen LogP contribution in [0.4, 0.5) is 14.9 Å². The molecule has 9 heteroatoms. The molecule has 0 unspecified atom stereocenters. The van der Waals surface area contributed by atoms with E-state index in [0.29, 0.717) is 24.4 Å². The number of amides is 2. The number of rotatable bonds is 12. The molecule has 1 atom stereocenters. The third kappa shape index (κ3) is 9.77. The van der Waals surface area contributed by atoms with E-state index in [-0.39, 0.29) is 19.6 Å². The number of hydrogen-bond acceptors (Lipinski definition) is 6. The van der Waals surface area contributed by atoms with Crippen LogP contribution >= 0.6 is 0 Å². The van der Waals surface area contributed by atoms with E-state index in [1.807, 2.05) is 31.3 Å². The van der Waals surface area contributed by atoms with Gasteiger partial charge in [0.25, 0.3) is 0 Å². The summed E-state index contributed by atoms with van der Waals surface area (Å²) in [6, 6.07) is 16.2. The summed E-state index contributed by atoms with van der Waals surface area (Å²) in [6.07, 6.45) is 2.88. The van der Waals surface area contributed by atoms with E-state index in [9.17, 15) is 14.0 Å². The van der Waals surface area contributed by atoms with Crippen LogP contribution in [0.15, 0.2) is 73.1 Å². The first-order valence-electron chi connectivity index (χ1n) is 12.9. The number of aromatic nitrogens is 1. The Balaban J connectivity index is 1.86. The smallest absolute Gasteiger partial charge is 0.411 e. The largest absolute Gasteiger partial charge is 0.444 e. The minimum Gasteiger partial charge on any atom is -0.444 e. The van der Waals surface area contributed by atoms with Crippen molar-refractivity contribution < 1.29 is 23.5 Å². The maximum absolute atomic E-state index is 14.0. The normalized spacial score (nSPS) is 12.0. The quantitative estimate of drug-likeness (QED) is 0.320. The molecule has 3 rings (SSSR count). The number of nitrogens with one attached hydrogen (secondary N) is 2. The molecule has 0 aliphatic heterocycles. The van der Waals surface area contributed by atoms with Gasteiger partial charge in [0.15, 0.2) is 0 Å². The summed E-state index contributed by atoms with van der Waals surface area (Å²) in [4.78, 5) is 32.4. The van der Waals surface area contributed by atoms with Gasteiger partial charge in [0.2, 0.25) is 5.91 Å². The molecule has 0 saturated heterocycles. The number of carbonyl (C=O) groups is 2. The highest BCUT2D eigenvalue weighted by Crippen LogP contribution is 2.22. The fourth-order valence-corrected chi connectivity index (χ4v) is 3.88. The van der Waals surface area contributed by atoms with E-state index in [1.54, 1.807) is 57.4 Å². The van der Waals surface area contributed by atoms with Crippen molar-refractivity contribution in [2.24, 2.45) is 0 Å². The van der Waals surface area contributed by atoms with E-state index in [2.05, 4.69) is 15.6 Å². The first kappa shape index (κ1) is 29.7. The van der Waals surface area contributed by atoms with Crippen molar-refractivity contribution in [2.75, 3.05) is 38.7 Å². The number of ether oxygens (including phenoxy) is 2. The summed E-state index contributed by atoms with van der Waals surface area (Å²) in [5.74, 6) is -0.838. The second-order valence-corrected chi connectivity index (χ2v) is 10.0. The summed E-state index contributed by atoms with van der Waals surface area (Å²) < 4.78 is 25.3. The third-order valence-electron chi connectivity index (χ3n) is 5.76. The van der Waals surface area contributed by atoms with Gasteiger partial charge in [-0.25, -0.2) is 9.18 Å². The maximum Gasteiger partial charge on any atom is 0.411 e. The third-order valence-corrected chi connectivity index (χ3v) is 5.76. The van der Waals surface area contributed by atoms with Crippen LogP contribution in [0, 0.1) is 5.82 Å². The molecule has 2 N–H and O–H groups in total. The van der Waals surface area contributed by atoms with Crippen molar-refractivity contribution in [1.29, 1.82) is 0 Å². The molecule has 3 aromatic rings. The van der Waals surface area contributed by atoms with Gasteiger partial charge in [-0.15, -0.1) is 0 Å². The molecule has 39 heavy (non-hydrogen) atoms. The molecule has 1 aromatic heterocycles. The Kier molecular flexibility index (Phi) is 11.0. The topological polar surface area (TPSA) is 92.8 Å². The molecule has 1 heterocycles. The molecule has 0 fully saturated rings. The number of nitrogens with zero attached hydrogens (tertiary/aromatic N) is 2. The standard InChI is InChI=1S/C30H37FN4O4/c1-30(2,3)39-29(37)35(17-19-38-18-16-32-4)27(21-22-6-5-7-25(31)20-22)28(36)34-26-10-8-23(9-11-26)24-12-14-33-15-13-24/h5-15,20,27,32H,16-19,21H2,1-4H3,(H,34,36)/t27-/m1/s1. The van der Waals surface area contributed by atoms with Crippen molar-refractivity contribution in [3.8, 4) is 11.1 Å². The van der Waals surface area contributed by atoms with Crippen molar-refractivity contribution in [3.63, 3.8) is 0 Å². The lowest BCUT2D eigenvalue weighted by molar-refractivity contribution is -0.121. The number of pyridine rings is 1. The Bertz CT molecular complexity index is 1200. The van der Waals surface area contributed by atoms with Crippen LogP contribution in [0.5, 0.6) is 0 Å². The number of halogens is 1. The van der Waals surface area contributed by atoms with Crippen LogP contribution < -0.4 is 10.6 Å². The van der Waals surface area contributed by atoms with Crippen LogP contribution in [0.1, 0.15) is 26.3 Å². The van der Waals surface area contributed by atoms with E-state index < -0.39 is 29.5 Å². The average Bonchev–Trinajstić information content (AvgIpc) is 2.89. The zero-order chi connectivity index (χ0) is 28.3.